The molecule has 2 aromatic carbocycles. The largest absolute Gasteiger partial charge is 0.488 e. The van der Waals surface area contributed by atoms with Crippen molar-refractivity contribution in [2.45, 2.75) is 52.8 Å². The summed E-state index contributed by atoms with van der Waals surface area (Å²) in [4.78, 5) is 51.5. The molecule has 1 heterocycles. The number of hydrogen-bond acceptors (Lipinski definition) is 7. The van der Waals surface area contributed by atoms with Gasteiger partial charge in [0, 0.05) is 16.1 Å². The molecule has 0 unspecified atom stereocenters. The highest BCUT2D eigenvalue weighted by Crippen LogP contribution is 2.26. The van der Waals surface area contributed by atoms with Gasteiger partial charge in [0.1, 0.15) is 35.4 Å². The van der Waals surface area contributed by atoms with E-state index in [-0.39, 0.29) is 35.2 Å². The third kappa shape index (κ3) is 7.26. The van der Waals surface area contributed by atoms with Crippen molar-refractivity contribution < 1.29 is 28.3 Å². The molecule has 2 N–H and O–H groups in total. The van der Waals surface area contributed by atoms with Gasteiger partial charge in [0.15, 0.2) is 11.2 Å². The first-order valence-electron chi connectivity index (χ1n) is 12.7. The lowest BCUT2D eigenvalue weighted by Gasteiger charge is -2.27. The van der Waals surface area contributed by atoms with E-state index in [2.05, 4.69) is 26.6 Å². The summed E-state index contributed by atoms with van der Waals surface area (Å²) in [7, 11) is 1.25. The summed E-state index contributed by atoms with van der Waals surface area (Å²) in [6, 6.07) is 11.7. The van der Waals surface area contributed by atoms with Crippen LogP contribution >= 0.6 is 15.9 Å². The maximum Gasteiger partial charge on any atom is 0.328 e. The zero-order valence-electron chi connectivity index (χ0n) is 22.6. The van der Waals surface area contributed by atoms with Crippen molar-refractivity contribution in [1.82, 2.24) is 10.6 Å². The number of rotatable bonds is 11. The third-order valence-electron chi connectivity index (χ3n) is 6.48. The minimum Gasteiger partial charge on any atom is -0.488 e. The van der Waals surface area contributed by atoms with Crippen LogP contribution in [0, 0.1) is 11.8 Å². The van der Waals surface area contributed by atoms with Crippen molar-refractivity contribution in [2.75, 3.05) is 7.11 Å². The van der Waals surface area contributed by atoms with Crippen molar-refractivity contribution in [3.63, 3.8) is 0 Å². The fraction of sp³-hybridized carbons (Fsp3) is 0.379. The van der Waals surface area contributed by atoms with Gasteiger partial charge in [0.05, 0.1) is 7.11 Å². The number of nitrogens with one attached hydrogen (secondary N) is 2. The lowest BCUT2D eigenvalue weighted by atomic mass is 9.96. The number of amides is 2. The summed E-state index contributed by atoms with van der Waals surface area (Å²) in [5.41, 5.74) is 0.614. The normalized spacial score (nSPS) is 13.4. The van der Waals surface area contributed by atoms with Gasteiger partial charge in [-0.15, -0.1) is 0 Å². The smallest absolute Gasteiger partial charge is 0.328 e. The summed E-state index contributed by atoms with van der Waals surface area (Å²) in [5, 5.41) is 5.55. The monoisotopic (exact) mass is 600 g/mol. The average molecular weight is 601 g/mol. The number of hydrogen-bond donors (Lipinski definition) is 2. The molecule has 10 heteroatoms. The van der Waals surface area contributed by atoms with Crippen LogP contribution in [0.4, 0.5) is 0 Å². The number of ether oxygens (including phenoxy) is 2. The highest BCUT2D eigenvalue weighted by atomic mass is 79.9. The molecule has 0 fully saturated rings. The molecule has 0 saturated heterocycles. The molecule has 2 amide bonds. The SMILES string of the molecule is CC[C@@H](C)[C@H](NC(=O)c1cc(=O)c2c(OCc3ccccc3Br)cccc2o1)C(=O)N[C@H](C(=O)OC)C(C)C. The second kappa shape index (κ2) is 13.4. The lowest BCUT2D eigenvalue weighted by Crippen LogP contribution is -2.55. The van der Waals surface area contributed by atoms with Crippen molar-refractivity contribution in [1.29, 1.82) is 0 Å². The quantitative estimate of drug-likeness (QED) is 0.308. The molecule has 9 nitrogen and oxygen atoms in total. The van der Waals surface area contributed by atoms with Gasteiger partial charge in [-0.05, 0) is 30.0 Å². The Morgan fingerprint density at radius 3 is 2.36 bits per heavy atom. The first-order valence-corrected chi connectivity index (χ1v) is 13.5. The van der Waals surface area contributed by atoms with Gasteiger partial charge in [0.25, 0.3) is 5.91 Å². The van der Waals surface area contributed by atoms with Crippen LogP contribution in [0.25, 0.3) is 11.0 Å². The predicted octanol–water partition coefficient (Wildman–Crippen LogP) is 4.59. The molecule has 0 bridgehead atoms. The van der Waals surface area contributed by atoms with Crippen LogP contribution in [0.2, 0.25) is 0 Å². The van der Waals surface area contributed by atoms with Gasteiger partial charge in [0.2, 0.25) is 5.91 Å². The first kappa shape index (κ1) is 29.9. The van der Waals surface area contributed by atoms with E-state index in [1.54, 1.807) is 39.0 Å². The highest BCUT2D eigenvalue weighted by molar-refractivity contribution is 9.10. The predicted molar refractivity (Wildman–Crippen MR) is 150 cm³/mol. The van der Waals surface area contributed by atoms with Gasteiger partial charge in [-0.1, -0.05) is 74.3 Å². The van der Waals surface area contributed by atoms with Gasteiger partial charge >= 0.3 is 5.97 Å². The number of benzene rings is 2. The van der Waals surface area contributed by atoms with E-state index in [4.69, 9.17) is 13.9 Å². The number of carbonyl (C=O) groups is 3. The molecule has 3 atom stereocenters. The zero-order chi connectivity index (χ0) is 28.7. The molecule has 3 aromatic rings. The Labute approximate surface area is 235 Å². The highest BCUT2D eigenvalue weighted by Gasteiger charge is 2.32. The molecule has 0 spiro atoms. The summed E-state index contributed by atoms with van der Waals surface area (Å²) in [5.74, 6) is -2.27. The molecule has 0 aliphatic rings. The van der Waals surface area contributed by atoms with Crippen LogP contribution < -0.4 is 20.8 Å². The molecule has 39 heavy (non-hydrogen) atoms. The Hall–Kier alpha value is -3.66. The van der Waals surface area contributed by atoms with Crippen LogP contribution in [-0.4, -0.2) is 37.0 Å². The van der Waals surface area contributed by atoms with E-state index in [0.717, 1.165) is 16.1 Å². The van der Waals surface area contributed by atoms with Gasteiger partial charge in [-0.25, -0.2) is 4.79 Å². The molecule has 0 radical (unpaired) electrons. The minimum atomic E-state index is -0.978. The van der Waals surface area contributed by atoms with Crippen molar-refractivity contribution in [2.24, 2.45) is 11.8 Å². The van der Waals surface area contributed by atoms with Crippen molar-refractivity contribution in [3.05, 3.63) is 74.6 Å². The molecule has 3 rings (SSSR count). The maximum atomic E-state index is 13.2. The fourth-order valence-electron chi connectivity index (χ4n) is 3.96. The van der Waals surface area contributed by atoms with Gasteiger partial charge in [-0.2, -0.15) is 0 Å². The second-order valence-electron chi connectivity index (χ2n) is 9.57. The van der Waals surface area contributed by atoms with Crippen LogP contribution in [0.15, 0.2) is 62.2 Å². The number of fused-ring (bicyclic) bond motifs is 1. The number of carbonyl (C=O) groups excluding carboxylic acids is 3. The zero-order valence-corrected chi connectivity index (χ0v) is 24.2. The summed E-state index contributed by atoms with van der Waals surface area (Å²) in [6.45, 7) is 7.45. The Morgan fingerprint density at radius 2 is 1.72 bits per heavy atom. The molecular weight excluding hydrogens is 568 g/mol. The van der Waals surface area contributed by atoms with Crippen LogP contribution in [-0.2, 0) is 20.9 Å². The van der Waals surface area contributed by atoms with E-state index < -0.39 is 35.3 Å². The Kier molecular flexibility index (Phi) is 10.3. The Morgan fingerprint density at radius 1 is 1.00 bits per heavy atom. The van der Waals surface area contributed by atoms with Crippen LogP contribution in [0.1, 0.15) is 50.2 Å². The van der Waals surface area contributed by atoms with E-state index >= 15 is 0 Å². The van der Waals surface area contributed by atoms with Gasteiger partial charge in [-0.3, -0.25) is 14.4 Å². The molecule has 208 valence electrons. The van der Waals surface area contributed by atoms with Gasteiger partial charge < -0.3 is 24.5 Å². The van der Waals surface area contributed by atoms with Crippen LogP contribution in [0.3, 0.4) is 0 Å². The molecule has 0 saturated carbocycles. The van der Waals surface area contributed by atoms with E-state index in [1.807, 2.05) is 31.2 Å². The summed E-state index contributed by atoms with van der Waals surface area (Å²) in [6.07, 6.45) is 0.572. The number of halogens is 1. The lowest BCUT2D eigenvalue weighted by molar-refractivity contribution is -0.146. The van der Waals surface area contributed by atoms with Crippen molar-refractivity contribution >= 4 is 44.7 Å². The van der Waals surface area contributed by atoms with E-state index in [9.17, 15) is 19.2 Å². The number of esters is 1. The standard InChI is InChI=1S/C29H33BrN2O7/c1-6-17(4)26(28(35)31-25(16(2)3)29(36)37-5)32-27(34)23-14-20(33)24-21(12-9-13-22(24)39-23)38-15-18-10-7-8-11-19(18)30/h7-14,16-17,25-26H,6,15H2,1-5H3,(H,31,35)(H,32,34)/t17-,25+,26+/m1/s1. The summed E-state index contributed by atoms with van der Waals surface area (Å²) < 4.78 is 17.4. The second-order valence-corrected chi connectivity index (χ2v) is 10.4. The molecule has 1 aromatic heterocycles. The van der Waals surface area contributed by atoms with Crippen LogP contribution in [0.5, 0.6) is 5.75 Å². The molecular formula is C29H33BrN2O7. The molecule has 0 aliphatic carbocycles. The molecule has 0 aliphatic heterocycles. The maximum absolute atomic E-state index is 13.2. The van der Waals surface area contributed by atoms with E-state index in [0.29, 0.717) is 12.2 Å². The number of methoxy groups -OCH3 is 1. The Balaban J connectivity index is 1.85. The minimum absolute atomic E-state index is 0.174. The Bertz CT molecular complexity index is 1400. The van der Waals surface area contributed by atoms with Crippen molar-refractivity contribution in [3.8, 4) is 5.75 Å². The van der Waals surface area contributed by atoms with E-state index in [1.165, 1.54) is 7.11 Å². The first-order chi connectivity index (χ1) is 18.6. The summed E-state index contributed by atoms with van der Waals surface area (Å²) >= 11 is 3.48. The fourth-order valence-corrected chi connectivity index (χ4v) is 4.36. The average Bonchev–Trinajstić information content (AvgIpc) is 2.92. The third-order valence-corrected chi connectivity index (χ3v) is 7.26. The topological polar surface area (TPSA) is 124 Å².